The van der Waals surface area contributed by atoms with E-state index in [0.29, 0.717) is 18.1 Å². The van der Waals surface area contributed by atoms with Crippen LogP contribution >= 0.6 is 0 Å². The van der Waals surface area contributed by atoms with Crippen molar-refractivity contribution in [3.63, 3.8) is 0 Å². The van der Waals surface area contributed by atoms with E-state index < -0.39 is 0 Å². The molecule has 0 radical (unpaired) electrons. The zero-order valence-electron chi connectivity index (χ0n) is 18.1. The minimum atomic E-state index is -0.390. The van der Waals surface area contributed by atoms with E-state index in [1.54, 1.807) is 18.3 Å². The smallest absolute Gasteiger partial charge is 0.357 e. The summed E-state index contributed by atoms with van der Waals surface area (Å²) in [6, 6.07) is 5.99. The molecule has 0 N–H and O–H groups in total. The van der Waals surface area contributed by atoms with E-state index in [1.165, 1.54) is 25.7 Å². The molecule has 1 aromatic heterocycles. The molecule has 0 unspecified atom stereocenters. The molecule has 160 valence electrons. The van der Waals surface area contributed by atoms with Gasteiger partial charge in [-0.3, -0.25) is 0 Å². The summed E-state index contributed by atoms with van der Waals surface area (Å²) in [4.78, 5) is 16.6. The average Bonchev–Trinajstić information content (AvgIpc) is 2.75. The van der Waals surface area contributed by atoms with Crippen LogP contribution in [-0.2, 0) is 4.74 Å². The fourth-order valence-electron chi connectivity index (χ4n) is 3.88. The number of aromatic nitrogens is 1. The Morgan fingerprint density at radius 3 is 2.48 bits per heavy atom. The van der Waals surface area contributed by atoms with Gasteiger partial charge in [0.2, 0.25) is 0 Å². The van der Waals surface area contributed by atoms with Gasteiger partial charge in [0.1, 0.15) is 17.5 Å². The minimum Gasteiger partial charge on any atom is -0.492 e. The molecule has 1 aliphatic rings. The van der Waals surface area contributed by atoms with Crippen LogP contribution in [0.1, 0.15) is 101 Å². The van der Waals surface area contributed by atoms with Gasteiger partial charge in [-0.15, -0.1) is 0 Å². The summed E-state index contributed by atoms with van der Waals surface area (Å²) >= 11 is 0. The van der Waals surface area contributed by atoms with Crippen LogP contribution < -0.4 is 4.74 Å². The normalized spacial score (nSPS) is 21.3. The van der Waals surface area contributed by atoms with Gasteiger partial charge in [0.15, 0.2) is 0 Å². The summed E-state index contributed by atoms with van der Waals surface area (Å²) in [6.07, 6.45) is 13.7. The maximum absolute atomic E-state index is 12.4. The average molecular weight is 401 g/mol. The Kier molecular flexibility index (Phi) is 9.97. The fraction of sp³-hybridized carbons (Fsp3) is 0.708. The molecule has 5 nitrogen and oxygen atoms in total. The zero-order chi connectivity index (χ0) is 21.0. The van der Waals surface area contributed by atoms with Crippen LogP contribution in [0.15, 0.2) is 18.3 Å². The second-order valence-corrected chi connectivity index (χ2v) is 8.24. The number of esters is 1. The molecule has 2 rings (SSSR count). The maximum atomic E-state index is 12.4. The van der Waals surface area contributed by atoms with Crippen LogP contribution in [0.4, 0.5) is 0 Å². The van der Waals surface area contributed by atoms with Crippen LogP contribution in [0.3, 0.4) is 0 Å². The summed E-state index contributed by atoms with van der Waals surface area (Å²) in [5, 5.41) is 9.71. The topological polar surface area (TPSA) is 72.2 Å². The lowest BCUT2D eigenvalue weighted by Gasteiger charge is -2.34. The van der Waals surface area contributed by atoms with Crippen LogP contribution in [0.2, 0.25) is 0 Å². The molecule has 1 aliphatic carbocycles. The minimum absolute atomic E-state index is 0.119. The van der Waals surface area contributed by atoms with Gasteiger partial charge in [0.25, 0.3) is 0 Å². The number of nitriles is 1. The third kappa shape index (κ3) is 7.68. The number of hydrogen-bond donors (Lipinski definition) is 0. The predicted octanol–water partition coefficient (Wildman–Crippen LogP) is 6.23. The van der Waals surface area contributed by atoms with Crippen LogP contribution in [-0.4, -0.2) is 23.7 Å². The van der Waals surface area contributed by atoms with Gasteiger partial charge in [-0.2, -0.15) is 5.26 Å². The van der Waals surface area contributed by atoms with Gasteiger partial charge in [-0.25, -0.2) is 9.78 Å². The monoisotopic (exact) mass is 400 g/mol. The van der Waals surface area contributed by atoms with Gasteiger partial charge >= 0.3 is 5.97 Å². The quantitative estimate of drug-likeness (QED) is 0.307. The number of rotatable bonds is 12. The highest BCUT2D eigenvalue weighted by Gasteiger charge is 2.36. The van der Waals surface area contributed by atoms with E-state index >= 15 is 0 Å². The Morgan fingerprint density at radius 1 is 1.14 bits per heavy atom. The number of ether oxygens (including phenoxy) is 2. The first-order chi connectivity index (χ1) is 14.1. The summed E-state index contributed by atoms with van der Waals surface area (Å²) in [6.45, 7) is 4.98. The summed E-state index contributed by atoms with van der Waals surface area (Å²) in [5.41, 5.74) is 0.0751. The van der Waals surface area contributed by atoms with E-state index in [0.717, 1.165) is 51.4 Å². The molecule has 1 fully saturated rings. The molecule has 0 bridgehead atoms. The lowest BCUT2D eigenvalue weighted by atomic mass is 9.71. The van der Waals surface area contributed by atoms with Crippen molar-refractivity contribution in [2.24, 2.45) is 5.41 Å². The molecule has 1 heterocycles. The molecular formula is C24H36N2O3. The Labute approximate surface area is 175 Å². The first-order valence-electron chi connectivity index (χ1n) is 11.3. The first-order valence-corrected chi connectivity index (χ1v) is 11.3. The van der Waals surface area contributed by atoms with Crippen molar-refractivity contribution in [1.29, 1.82) is 5.26 Å². The van der Waals surface area contributed by atoms with Gasteiger partial charge in [-0.05, 0) is 50.7 Å². The molecular weight excluding hydrogens is 364 g/mol. The van der Waals surface area contributed by atoms with E-state index in [-0.39, 0.29) is 17.5 Å². The molecule has 0 spiro atoms. The molecule has 1 aromatic rings. The highest BCUT2D eigenvalue weighted by molar-refractivity contribution is 5.87. The third-order valence-electron chi connectivity index (χ3n) is 5.87. The number of carbonyl (C=O) groups is 1. The Hall–Kier alpha value is -2.09. The molecule has 0 saturated heterocycles. The molecule has 0 atom stereocenters. The van der Waals surface area contributed by atoms with Crippen molar-refractivity contribution in [3.8, 4) is 11.8 Å². The Morgan fingerprint density at radius 2 is 1.86 bits per heavy atom. The lowest BCUT2D eigenvalue weighted by Crippen LogP contribution is -2.31. The zero-order valence-corrected chi connectivity index (χ0v) is 18.1. The SMILES string of the molecule is CCCCCCCC1(C#N)CCC(OC(=O)c2ccc(OCCCC)cn2)CC1. The van der Waals surface area contributed by atoms with E-state index in [1.807, 2.05) is 0 Å². The highest BCUT2D eigenvalue weighted by atomic mass is 16.5. The van der Waals surface area contributed by atoms with Crippen molar-refractivity contribution >= 4 is 5.97 Å². The number of pyridine rings is 1. The van der Waals surface area contributed by atoms with E-state index in [4.69, 9.17) is 9.47 Å². The Balaban J connectivity index is 1.76. The van der Waals surface area contributed by atoms with E-state index in [9.17, 15) is 10.1 Å². The van der Waals surface area contributed by atoms with Crippen molar-refractivity contribution in [2.45, 2.75) is 97.0 Å². The second kappa shape index (κ2) is 12.5. The van der Waals surface area contributed by atoms with Crippen LogP contribution in [0, 0.1) is 16.7 Å². The molecule has 0 aliphatic heterocycles. The highest BCUT2D eigenvalue weighted by Crippen LogP contribution is 2.41. The van der Waals surface area contributed by atoms with Gasteiger partial charge in [-0.1, -0.05) is 52.4 Å². The summed E-state index contributed by atoms with van der Waals surface area (Å²) in [5.74, 6) is 0.282. The maximum Gasteiger partial charge on any atom is 0.357 e. The van der Waals surface area contributed by atoms with Gasteiger partial charge < -0.3 is 9.47 Å². The largest absolute Gasteiger partial charge is 0.492 e. The predicted molar refractivity (Wildman–Crippen MR) is 114 cm³/mol. The molecule has 0 amide bonds. The lowest BCUT2D eigenvalue weighted by molar-refractivity contribution is 0.00985. The first kappa shape index (κ1) is 23.2. The van der Waals surface area contributed by atoms with Crippen LogP contribution in [0.5, 0.6) is 5.75 Å². The van der Waals surface area contributed by atoms with Gasteiger partial charge in [0.05, 0.1) is 24.3 Å². The van der Waals surface area contributed by atoms with Crippen LogP contribution in [0.25, 0.3) is 0 Å². The molecule has 0 aromatic carbocycles. The second-order valence-electron chi connectivity index (χ2n) is 8.24. The number of nitrogens with zero attached hydrogens (tertiary/aromatic N) is 2. The third-order valence-corrected chi connectivity index (χ3v) is 5.87. The molecule has 1 saturated carbocycles. The standard InChI is InChI=1S/C24H36N2O3/c1-3-5-7-8-9-14-24(19-25)15-12-20(13-16-24)29-23(27)22-11-10-21(18-26-22)28-17-6-4-2/h10-11,18,20H,3-9,12-17H2,1-2H3. The van der Waals surface area contributed by atoms with E-state index in [2.05, 4.69) is 24.9 Å². The van der Waals surface area contributed by atoms with Crippen molar-refractivity contribution in [3.05, 3.63) is 24.0 Å². The fourth-order valence-corrected chi connectivity index (χ4v) is 3.88. The van der Waals surface area contributed by atoms with Crippen molar-refractivity contribution < 1.29 is 14.3 Å². The molecule has 29 heavy (non-hydrogen) atoms. The van der Waals surface area contributed by atoms with Crippen molar-refractivity contribution in [1.82, 2.24) is 4.98 Å². The van der Waals surface area contributed by atoms with Crippen molar-refractivity contribution in [2.75, 3.05) is 6.61 Å². The number of carbonyl (C=O) groups excluding carboxylic acids is 1. The molecule has 5 heteroatoms. The summed E-state index contributed by atoms with van der Waals surface area (Å²) < 4.78 is 11.2. The number of hydrogen-bond acceptors (Lipinski definition) is 5. The summed E-state index contributed by atoms with van der Waals surface area (Å²) in [7, 11) is 0. The number of unbranched alkanes of at least 4 members (excludes halogenated alkanes) is 5. The van der Waals surface area contributed by atoms with Gasteiger partial charge in [0, 0.05) is 0 Å². The Bertz CT molecular complexity index is 643.